The van der Waals surface area contributed by atoms with Gasteiger partial charge in [-0.05, 0) is 88.5 Å². The van der Waals surface area contributed by atoms with Gasteiger partial charge in [0.1, 0.15) is 11.2 Å². The summed E-state index contributed by atoms with van der Waals surface area (Å²) in [6.45, 7) is 0. The van der Waals surface area contributed by atoms with Crippen molar-refractivity contribution < 1.29 is 4.42 Å². The van der Waals surface area contributed by atoms with Crippen LogP contribution < -0.4 is 4.90 Å². The maximum absolute atomic E-state index is 6.38. The maximum Gasteiger partial charge on any atom is 0.137 e. The van der Waals surface area contributed by atoms with Crippen LogP contribution >= 0.6 is 0 Å². The molecule has 0 saturated carbocycles. The van der Waals surface area contributed by atoms with Crippen molar-refractivity contribution in [1.82, 2.24) is 4.57 Å². The molecule has 3 nitrogen and oxygen atoms in total. The number of furan rings is 1. The number of aromatic nitrogens is 1. The van der Waals surface area contributed by atoms with Gasteiger partial charge in [0.15, 0.2) is 0 Å². The first-order chi connectivity index (χ1) is 28.3. The minimum atomic E-state index is 0.868. The Bertz CT molecular complexity index is 3170. The Kier molecular flexibility index (Phi) is 7.82. The van der Waals surface area contributed by atoms with Gasteiger partial charge in [-0.2, -0.15) is 0 Å². The summed E-state index contributed by atoms with van der Waals surface area (Å²) in [6.07, 6.45) is 0. The maximum atomic E-state index is 6.38. The van der Waals surface area contributed by atoms with Crippen molar-refractivity contribution in [3.05, 3.63) is 218 Å². The molecule has 0 saturated heterocycles. The van der Waals surface area contributed by atoms with Gasteiger partial charge in [-0.1, -0.05) is 152 Å². The molecule has 2 aromatic heterocycles. The SMILES string of the molecule is c1ccc(-c2ccc(N(c3ccc(-c4ccccc4-c4ccccc4-n4c5ccccc5c5ccccc54)cc3)c3ccc4c(c3)oc3ccccc34)cc2)cc1. The summed E-state index contributed by atoms with van der Waals surface area (Å²) < 4.78 is 8.80. The molecule has 11 rings (SSSR count). The number of hydrogen-bond acceptors (Lipinski definition) is 2. The smallest absolute Gasteiger partial charge is 0.137 e. The molecule has 3 heteroatoms. The van der Waals surface area contributed by atoms with Crippen LogP contribution in [0.1, 0.15) is 0 Å². The van der Waals surface area contributed by atoms with Crippen molar-refractivity contribution in [2.24, 2.45) is 0 Å². The molecule has 0 spiro atoms. The van der Waals surface area contributed by atoms with Crippen LogP contribution in [0.4, 0.5) is 17.1 Å². The lowest BCUT2D eigenvalue weighted by Crippen LogP contribution is -2.09. The highest BCUT2D eigenvalue weighted by molar-refractivity contribution is 6.10. The fourth-order valence-corrected chi connectivity index (χ4v) is 8.57. The Morgan fingerprint density at radius 3 is 1.51 bits per heavy atom. The number of benzene rings is 9. The van der Waals surface area contributed by atoms with Gasteiger partial charge in [0.2, 0.25) is 0 Å². The normalized spacial score (nSPS) is 11.5. The molecule has 57 heavy (non-hydrogen) atoms. The monoisotopic (exact) mass is 728 g/mol. The molecular formula is C54H36N2O. The summed E-state index contributed by atoms with van der Waals surface area (Å²) in [5.74, 6) is 0. The Balaban J connectivity index is 1.02. The Morgan fingerprint density at radius 1 is 0.316 bits per heavy atom. The second-order valence-corrected chi connectivity index (χ2v) is 14.5. The topological polar surface area (TPSA) is 21.3 Å². The van der Waals surface area contributed by atoms with Crippen LogP contribution in [-0.2, 0) is 0 Å². The van der Waals surface area contributed by atoms with Crippen LogP contribution in [0.25, 0.3) is 82.8 Å². The number of para-hydroxylation sites is 4. The molecule has 2 heterocycles. The molecule has 268 valence electrons. The van der Waals surface area contributed by atoms with Gasteiger partial charge in [-0.25, -0.2) is 0 Å². The number of rotatable bonds is 7. The van der Waals surface area contributed by atoms with Gasteiger partial charge < -0.3 is 13.9 Å². The lowest BCUT2D eigenvalue weighted by atomic mass is 9.93. The number of anilines is 3. The largest absolute Gasteiger partial charge is 0.456 e. The molecule has 0 atom stereocenters. The summed E-state index contributed by atoms with van der Waals surface area (Å²) in [4.78, 5) is 2.31. The average Bonchev–Trinajstić information content (AvgIpc) is 3.83. The van der Waals surface area contributed by atoms with E-state index in [0.29, 0.717) is 0 Å². The van der Waals surface area contributed by atoms with Gasteiger partial charge in [0.05, 0.1) is 16.7 Å². The van der Waals surface area contributed by atoms with Gasteiger partial charge in [-0.15, -0.1) is 0 Å². The van der Waals surface area contributed by atoms with E-state index in [1.54, 1.807) is 0 Å². The summed E-state index contributed by atoms with van der Waals surface area (Å²) in [7, 11) is 0. The third-order valence-corrected chi connectivity index (χ3v) is 11.2. The van der Waals surface area contributed by atoms with E-state index in [-0.39, 0.29) is 0 Å². The standard InChI is InChI=1S/C54H36N2O/c1-2-14-37(15-3-1)38-26-30-40(31-27-38)55(42-34-35-49-48-21-9-13-25-53(48)57-54(49)36-42)41-32-28-39(29-33-41)43-16-4-5-17-44(43)45-18-6-10-22-50(45)56-51-23-11-7-19-46(51)47-20-8-12-24-52(47)56/h1-36H. The third-order valence-electron chi connectivity index (χ3n) is 11.2. The number of fused-ring (bicyclic) bond motifs is 6. The molecule has 0 radical (unpaired) electrons. The van der Waals surface area contributed by atoms with Crippen LogP contribution in [0.2, 0.25) is 0 Å². The van der Waals surface area contributed by atoms with Crippen LogP contribution in [0.3, 0.4) is 0 Å². The van der Waals surface area contributed by atoms with Crippen LogP contribution in [0, 0.1) is 0 Å². The Labute approximate surface area is 330 Å². The van der Waals surface area contributed by atoms with Crippen LogP contribution in [0.5, 0.6) is 0 Å². The third kappa shape index (κ3) is 5.60. The second kappa shape index (κ2) is 13.6. The highest BCUT2D eigenvalue weighted by atomic mass is 16.3. The van der Waals surface area contributed by atoms with Crippen molar-refractivity contribution in [2.75, 3.05) is 4.90 Å². The van der Waals surface area contributed by atoms with Crippen molar-refractivity contribution >= 4 is 60.8 Å². The van der Waals surface area contributed by atoms with E-state index in [1.807, 2.05) is 12.1 Å². The first-order valence-electron chi connectivity index (χ1n) is 19.4. The second-order valence-electron chi connectivity index (χ2n) is 14.5. The zero-order valence-electron chi connectivity index (χ0n) is 31.1. The molecule has 0 aliphatic heterocycles. The van der Waals surface area contributed by atoms with Crippen molar-refractivity contribution in [2.45, 2.75) is 0 Å². The van der Waals surface area contributed by atoms with E-state index >= 15 is 0 Å². The van der Waals surface area contributed by atoms with Gasteiger partial charge in [0.25, 0.3) is 0 Å². The Morgan fingerprint density at radius 2 is 0.807 bits per heavy atom. The fraction of sp³-hybridized carbons (Fsp3) is 0. The summed E-state index contributed by atoms with van der Waals surface area (Å²) in [6, 6.07) is 78.1. The Hall–Kier alpha value is -7.62. The summed E-state index contributed by atoms with van der Waals surface area (Å²) in [5, 5.41) is 4.75. The first-order valence-corrected chi connectivity index (χ1v) is 19.4. The summed E-state index contributed by atoms with van der Waals surface area (Å²) >= 11 is 0. The van der Waals surface area contributed by atoms with Crippen molar-refractivity contribution in [3.8, 4) is 39.1 Å². The zero-order chi connectivity index (χ0) is 37.7. The van der Waals surface area contributed by atoms with Gasteiger partial charge in [-0.3, -0.25) is 0 Å². The zero-order valence-corrected chi connectivity index (χ0v) is 31.1. The van der Waals surface area contributed by atoms with E-state index in [4.69, 9.17) is 4.42 Å². The number of hydrogen-bond donors (Lipinski definition) is 0. The van der Waals surface area contributed by atoms with Crippen LogP contribution in [-0.4, -0.2) is 4.57 Å². The van der Waals surface area contributed by atoms with Crippen molar-refractivity contribution in [3.63, 3.8) is 0 Å². The molecule has 0 unspecified atom stereocenters. The van der Waals surface area contributed by atoms with E-state index in [0.717, 1.165) is 50.3 Å². The molecule has 0 fully saturated rings. The predicted octanol–water partition coefficient (Wildman–Crippen LogP) is 15.2. The quantitative estimate of drug-likeness (QED) is 0.163. The average molecular weight is 729 g/mol. The minimum absolute atomic E-state index is 0.868. The first kappa shape index (κ1) is 32.8. The molecule has 0 aliphatic carbocycles. The van der Waals surface area contributed by atoms with Gasteiger partial charge >= 0.3 is 0 Å². The molecule has 9 aromatic carbocycles. The molecular weight excluding hydrogens is 693 g/mol. The van der Waals surface area contributed by atoms with E-state index < -0.39 is 0 Å². The summed E-state index contributed by atoms with van der Waals surface area (Å²) in [5.41, 5.74) is 15.6. The van der Waals surface area contributed by atoms with E-state index in [9.17, 15) is 0 Å². The molecule has 0 aliphatic rings. The molecule has 0 amide bonds. The fourth-order valence-electron chi connectivity index (χ4n) is 8.57. The van der Waals surface area contributed by atoms with E-state index in [1.165, 1.54) is 49.6 Å². The highest BCUT2D eigenvalue weighted by Crippen LogP contribution is 2.42. The number of nitrogens with zero attached hydrogens (tertiary/aromatic N) is 2. The lowest BCUT2D eigenvalue weighted by Gasteiger charge is -2.26. The van der Waals surface area contributed by atoms with E-state index in [2.05, 4.69) is 216 Å². The lowest BCUT2D eigenvalue weighted by molar-refractivity contribution is 0.669. The molecule has 11 aromatic rings. The predicted molar refractivity (Wildman–Crippen MR) is 239 cm³/mol. The highest BCUT2D eigenvalue weighted by Gasteiger charge is 2.19. The molecule has 0 bridgehead atoms. The van der Waals surface area contributed by atoms with Gasteiger partial charge in [0, 0.05) is 50.2 Å². The van der Waals surface area contributed by atoms with Crippen LogP contribution in [0.15, 0.2) is 223 Å². The molecule has 0 N–H and O–H groups in total. The minimum Gasteiger partial charge on any atom is -0.456 e. The van der Waals surface area contributed by atoms with Crippen molar-refractivity contribution in [1.29, 1.82) is 0 Å².